The van der Waals surface area contributed by atoms with Crippen LogP contribution in [0.1, 0.15) is 37.0 Å². The average molecular weight is 372 g/mol. The number of anilines is 1. The molecule has 0 fully saturated rings. The lowest BCUT2D eigenvalue weighted by molar-refractivity contribution is -0.115. The molecule has 0 aliphatic heterocycles. The van der Waals surface area contributed by atoms with Gasteiger partial charge in [-0.25, -0.2) is 0 Å². The number of carbonyl (C=O) groups is 1. The lowest BCUT2D eigenvalue weighted by Crippen LogP contribution is -2.22. The zero-order valence-electron chi connectivity index (χ0n) is 14.8. The molecular formula is C18H20N4O3S. The van der Waals surface area contributed by atoms with Crippen molar-refractivity contribution in [2.75, 3.05) is 5.32 Å². The van der Waals surface area contributed by atoms with Gasteiger partial charge in [0.15, 0.2) is 5.82 Å². The van der Waals surface area contributed by atoms with Gasteiger partial charge in [-0.05, 0) is 25.3 Å². The summed E-state index contributed by atoms with van der Waals surface area (Å²) in [5, 5.41) is 14.5. The summed E-state index contributed by atoms with van der Waals surface area (Å²) in [4.78, 5) is 12.2. The lowest BCUT2D eigenvalue weighted by atomic mass is 9.98. The van der Waals surface area contributed by atoms with Crippen molar-refractivity contribution in [3.63, 3.8) is 0 Å². The van der Waals surface area contributed by atoms with E-state index in [-0.39, 0.29) is 11.8 Å². The fourth-order valence-corrected chi connectivity index (χ4v) is 3.09. The Balaban J connectivity index is 1.55. The number of hydrogen-bond acceptors (Lipinski definition) is 7. The van der Waals surface area contributed by atoms with Gasteiger partial charge in [0.25, 0.3) is 5.22 Å². The number of benzene rings is 1. The predicted molar refractivity (Wildman–Crippen MR) is 98.0 cm³/mol. The third-order valence-corrected chi connectivity index (χ3v) is 4.76. The average Bonchev–Trinajstić information content (AvgIpc) is 3.24. The van der Waals surface area contributed by atoms with E-state index in [2.05, 4.69) is 39.7 Å². The van der Waals surface area contributed by atoms with E-state index in [1.165, 1.54) is 17.3 Å². The van der Waals surface area contributed by atoms with Crippen LogP contribution in [0, 0.1) is 6.92 Å². The Morgan fingerprint density at radius 2 is 2.00 bits per heavy atom. The van der Waals surface area contributed by atoms with Gasteiger partial charge in [0.2, 0.25) is 11.8 Å². The Labute approximate surface area is 155 Å². The first-order chi connectivity index (χ1) is 12.5. The van der Waals surface area contributed by atoms with Crippen LogP contribution in [0.25, 0.3) is 0 Å². The molecule has 1 amide bonds. The molecule has 3 aromatic rings. The topological polar surface area (TPSA) is 94.1 Å². The van der Waals surface area contributed by atoms with Crippen molar-refractivity contribution < 1.29 is 13.7 Å². The van der Waals surface area contributed by atoms with Gasteiger partial charge in [-0.3, -0.25) is 4.79 Å². The smallest absolute Gasteiger partial charge is 0.277 e. The second-order valence-electron chi connectivity index (χ2n) is 6.05. The minimum Gasteiger partial charge on any atom is -0.416 e. The molecule has 2 unspecified atom stereocenters. The van der Waals surface area contributed by atoms with Gasteiger partial charge in [0.1, 0.15) is 5.76 Å². The monoisotopic (exact) mass is 372 g/mol. The van der Waals surface area contributed by atoms with Crippen LogP contribution in [-0.4, -0.2) is 26.5 Å². The van der Waals surface area contributed by atoms with Crippen LogP contribution in [0.5, 0.6) is 0 Å². The Kier molecular flexibility index (Phi) is 5.72. The summed E-state index contributed by atoms with van der Waals surface area (Å²) in [5.74, 6) is 1.65. The minimum atomic E-state index is -0.410. The maximum absolute atomic E-state index is 12.2. The van der Waals surface area contributed by atoms with Crippen molar-refractivity contribution in [1.82, 2.24) is 15.4 Å². The van der Waals surface area contributed by atoms with Crippen molar-refractivity contribution in [1.29, 1.82) is 0 Å². The molecule has 7 nitrogen and oxygen atoms in total. The molecule has 0 aliphatic carbocycles. The number of aromatic nitrogens is 3. The molecule has 1 aromatic carbocycles. The van der Waals surface area contributed by atoms with E-state index in [1.54, 1.807) is 19.9 Å². The van der Waals surface area contributed by atoms with Gasteiger partial charge in [-0.1, -0.05) is 54.2 Å². The summed E-state index contributed by atoms with van der Waals surface area (Å²) < 4.78 is 10.6. The number of thioether (sulfide) groups is 1. The van der Waals surface area contributed by atoms with Crippen molar-refractivity contribution in [3.05, 3.63) is 53.6 Å². The Bertz CT molecular complexity index is 862. The van der Waals surface area contributed by atoms with E-state index in [1.807, 2.05) is 18.2 Å². The van der Waals surface area contributed by atoms with Gasteiger partial charge in [-0.15, -0.1) is 10.2 Å². The number of nitrogens with one attached hydrogen (secondary N) is 1. The number of aryl methyl sites for hydroxylation is 1. The zero-order valence-corrected chi connectivity index (χ0v) is 15.6. The summed E-state index contributed by atoms with van der Waals surface area (Å²) in [6.07, 6.45) is 0.649. The Morgan fingerprint density at radius 3 is 2.69 bits per heavy atom. The van der Waals surface area contributed by atoms with E-state index >= 15 is 0 Å². The van der Waals surface area contributed by atoms with E-state index < -0.39 is 5.25 Å². The third-order valence-electron chi connectivity index (χ3n) is 3.82. The Hall–Kier alpha value is -2.61. The maximum Gasteiger partial charge on any atom is 0.277 e. The first kappa shape index (κ1) is 18.2. The van der Waals surface area contributed by atoms with Crippen LogP contribution in [-0.2, 0) is 11.2 Å². The fraction of sp³-hybridized carbons (Fsp3) is 0.333. The first-order valence-electron chi connectivity index (χ1n) is 8.29. The molecule has 2 aromatic heterocycles. The van der Waals surface area contributed by atoms with Crippen LogP contribution >= 0.6 is 11.8 Å². The molecule has 0 aliphatic rings. The highest BCUT2D eigenvalue weighted by Crippen LogP contribution is 2.25. The highest BCUT2D eigenvalue weighted by Gasteiger charge is 2.20. The second-order valence-corrected chi connectivity index (χ2v) is 7.34. The van der Waals surface area contributed by atoms with Crippen molar-refractivity contribution in [2.45, 2.75) is 43.6 Å². The third kappa shape index (κ3) is 4.72. The molecule has 3 rings (SSSR count). The van der Waals surface area contributed by atoms with Gasteiger partial charge in [0, 0.05) is 12.5 Å². The van der Waals surface area contributed by atoms with Gasteiger partial charge in [-0.2, -0.15) is 0 Å². The molecule has 1 N–H and O–H groups in total. The van der Waals surface area contributed by atoms with E-state index in [4.69, 9.17) is 8.94 Å². The molecule has 0 saturated heterocycles. The van der Waals surface area contributed by atoms with Crippen LogP contribution < -0.4 is 5.32 Å². The van der Waals surface area contributed by atoms with Crippen molar-refractivity contribution in [3.8, 4) is 0 Å². The van der Waals surface area contributed by atoms with Crippen LogP contribution in [0.15, 0.2) is 50.6 Å². The number of carbonyl (C=O) groups excluding carboxylic acids is 1. The second kappa shape index (κ2) is 8.18. The maximum atomic E-state index is 12.2. The van der Waals surface area contributed by atoms with E-state index in [0.717, 1.165) is 0 Å². The minimum absolute atomic E-state index is 0.208. The van der Waals surface area contributed by atoms with Gasteiger partial charge >= 0.3 is 0 Å². The van der Waals surface area contributed by atoms with E-state index in [0.29, 0.717) is 29.1 Å². The van der Waals surface area contributed by atoms with Gasteiger partial charge in [0.05, 0.1) is 5.25 Å². The predicted octanol–water partition coefficient (Wildman–Crippen LogP) is 3.83. The molecular weight excluding hydrogens is 352 g/mol. The molecule has 26 heavy (non-hydrogen) atoms. The highest BCUT2D eigenvalue weighted by molar-refractivity contribution is 8.00. The summed E-state index contributed by atoms with van der Waals surface area (Å²) in [5.41, 5.74) is 1.22. The van der Waals surface area contributed by atoms with Crippen LogP contribution in [0.2, 0.25) is 0 Å². The molecule has 2 atom stereocenters. The normalized spacial score (nSPS) is 13.3. The molecule has 8 heteroatoms. The Morgan fingerprint density at radius 1 is 1.23 bits per heavy atom. The standard InChI is InChI=1S/C18H20N4O3S/c1-11(14-7-5-4-6-8-14)9-16-20-21-18(24-16)26-13(3)17(23)19-15-10-12(2)25-22-15/h4-8,10-11,13H,9H2,1-3H3,(H,19,22,23). The largest absolute Gasteiger partial charge is 0.416 e. The molecule has 0 radical (unpaired) electrons. The molecule has 0 bridgehead atoms. The number of rotatable bonds is 7. The molecule has 136 valence electrons. The lowest BCUT2D eigenvalue weighted by Gasteiger charge is -2.08. The number of hydrogen-bond donors (Lipinski definition) is 1. The molecule has 2 heterocycles. The van der Waals surface area contributed by atoms with Gasteiger partial charge < -0.3 is 14.3 Å². The fourth-order valence-electron chi connectivity index (χ4n) is 2.39. The highest BCUT2D eigenvalue weighted by atomic mass is 32.2. The SMILES string of the molecule is Cc1cc(NC(=O)C(C)Sc2nnc(CC(C)c3ccccc3)o2)no1. The van der Waals surface area contributed by atoms with E-state index in [9.17, 15) is 4.79 Å². The molecule has 0 spiro atoms. The number of nitrogens with zero attached hydrogens (tertiary/aromatic N) is 3. The zero-order chi connectivity index (χ0) is 18.5. The summed E-state index contributed by atoms with van der Waals surface area (Å²) in [6.45, 7) is 5.64. The summed E-state index contributed by atoms with van der Waals surface area (Å²) in [7, 11) is 0. The number of amides is 1. The van der Waals surface area contributed by atoms with Crippen LogP contribution in [0.3, 0.4) is 0 Å². The van der Waals surface area contributed by atoms with Crippen molar-refractivity contribution >= 4 is 23.5 Å². The summed E-state index contributed by atoms with van der Waals surface area (Å²) >= 11 is 1.21. The first-order valence-corrected chi connectivity index (χ1v) is 9.17. The van der Waals surface area contributed by atoms with Crippen LogP contribution in [0.4, 0.5) is 5.82 Å². The molecule has 0 saturated carbocycles. The summed E-state index contributed by atoms with van der Waals surface area (Å²) in [6, 6.07) is 11.8. The quantitative estimate of drug-likeness (QED) is 0.630. The van der Waals surface area contributed by atoms with Crippen molar-refractivity contribution in [2.24, 2.45) is 0 Å².